The number of aromatic nitrogens is 3. The van der Waals surface area contributed by atoms with Crippen molar-refractivity contribution in [3.63, 3.8) is 0 Å². The summed E-state index contributed by atoms with van der Waals surface area (Å²) in [6, 6.07) is -2.09. The Morgan fingerprint density at radius 1 is 1.50 bits per heavy atom. The molecule has 3 N–H and O–H groups in total. The Bertz CT molecular complexity index is 500. The van der Waals surface area contributed by atoms with E-state index in [-0.39, 0.29) is 6.54 Å². The Kier molecular flexibility index (Phi) is 5.44. The Hall–Kier alpha value is -2.65. The zero-order valence-corrected chi connectivity index (χ0v) is 11.0. The molecule has 0 saturated carbocycles. The molecule has 2 amide bonds. The zero-order chi connectivity index (χ0) is 15.1. The van der Waals surface area contributed by atoms with Crippen LogP contribution in [-0.2, 0) is 27.9 Å². The van der Waals surface area contributed by atoms with Crippen molar-refractivity contribution in [2.75, 3.05) is 7.11 Å². The lowest BCUT2D eigenvalue weighted by atomic mass is 10.2. The van der Waals surface area contributed by atoms with E-state index in [2.05, 4.69) is 25.6 Å². The summed E-state index contributed by atoms with van der Waals surface area (Å²) in [4.78, 5) is 33.5. The number of amides is 2. The van der Waals surface area contributed by atoms with E-state index in [9.17, 15) is 14.4 Å². The van der Waals surface area contributed by atoms with Crippen LogP contribution in [0.3, 0.4) is 0 Å². The number of carboxylic acids is 1. The number of urea groups is 1. The summed E-state index contributed by atoms with van der Waals surface area (Å²) < 4.78 is 5.95. The minimum absolute atomic E-state index is 0.0763. The predicted molar refractivity (Wildman–Crippen MR) is 64.4 cm³/mol. The van der Waals surface area contributed by atoms with Crippen molar-refractivity contribution < 1.29 is 24.2 Å². The van der Waals surface area contributed by atoms with Crippen LogP contribution in [0.5, 0.6) is 0 Å². The minimum Gasteiger partial charge on any atom is -0.480 e. The van der Waals surface area contributed by atoms with Gasteiger partial charge in [0, 0.05) is 7.05 Å². The Balaban J connectivity index is 2.48. The van der Waals surface area contributed by atoms with Crippen molar-refractivity contribution in [1.82, 2.24) is 25.4 Å². The average molecular weight is 285 g/mol. The summed E-state index contributed by atoms with van der Waals surface area (Å²) >= 11 is 0. The molecule has 0 saturated heterocycles. The molecule has 1 aromatic rings. The van der Waals surface area contributed by atoms with Gasteiger partial charge >= 0.3 is 18.0 Å². The molecule has 1 atom stereocenters. The largest absolute Gasteiger partial charge is 0.480 e. The van der Waals surface area contributed by atoms with Crippen LogP contribution < -0.4 is 10.6 Å². The van der Waals surface area contributed by atoms with Crippen LogP contribution in [0.2, 0.25) is 0 Å². The Labute approximate surface area is 114 Å². The highest BCUT2D eigenvalue weighted by Gasteiger charge is 2.23. The number of nitrogens with one attached hydrogen (secondary N) is 2. The van der Waals surface area contributed by atoms with Crippen molar-refractivity contribution in [3.05, 3.63) is 12.2 Å². The van der Waals surface area contributed by atoms with Crippen molar-refractivity contribution in [2.24, 2.45) is 7.05 Å². The molecule has 0 unspecified atom stereocenters. The first-order valence-electron chi connectivity index (χ1n) is 5.61. The maximum absolute atomic E-state index is 11.5. The van der Waals surface area contributed by atoms with E-state index in [1.54, 1.807) is 11.6 Å². The molecule has 0 radical (unpaired) electrons. The van der Waals surface area contributed by atoms with Gasteiger partial charge in [0.25, 0.3) is 0 Å². The number of hydrogen-bond donors (Lipinski definition) is 3. The van der Waals surface area contributed by atoms with Gasteiger partial charge in [-0.1, -0.05) is 0 Å². The summed E-state index contributed by atoms with van der Waals surface area (Å²) in [6.07, 6.45) is 1.01. The molecule has 0 aromatic carbocycles. The van der Waals surface area contributed by atoms with Gasteiger partial charge in [-0.25, -0.2) is 9.59 Å². The van der Waals surface area contributed by atoms with Gasteiger partial charge in [0.2, 0.25) is 0 Å². The average Bonchev–Trinajstić information content (AvgIpc) is 2.80. The van der Waals surface area contributed by atoms with Crippen molar-refractivity contribution in [2.45, 2.75) is 19.0 Å². The molecule has 0 aliphatic carbocycles. The van der Waals surface area contributed by atoms with Gasteiger partial charge in [-0.15, -0.1) is 10.2 Å². The van der Waals surface area contributed by atoms with E-state index in [1.165, 1.54) is 6.33 Å². The number of carbonyl (C=O) groups excluding carboxylic acids is 2. The van der Waals surface area contributed by atoms with Crippen LogP contribution in [-0.4, -0.2) is 51.0 Å². The highest BCUT2D eigenvalue weighted by Crippen LogP contribution is 1.96. The molecule has 20 heavy (non-hydrogen) atoms. The molecule has 10 nitrogen and oxygen atoms in total. The molecule has 1 aromatic heterocycles. The van der Waals surface area contributed by atoms with Gasteiger partial charge in [0.15, 0.2) is 5.82 Å². The quantitative estimate of drug-likeness (QED) is 0.549. The van der Waals surface area contributed by atoms with Crippen LogP contribution in [0, 0.1) is 0 Å². The molecule has 0 aliphatic rings. The summed E-state index contributed by atoms with van der Waals surface area (Å²) in [7, 11) is 2.83. The SMILES string of the molecule is COC(=O)C[C@H](NC(=O)NCc1nncn1C)C(=O)O. The molecule has 0 spiro atoms. The van der Waals surface area contributed by atoms with E-state index < -0.39 is 30.4 Å². The van der Waals surface area contributed by atoms with E-state index >= 15 is 0 Å². The second-order valence-corrected chi connectivity index (χ2v) is 3.86. The first-order valence-corrected chi connectivity index (χ1v) is 5.61. The second kappa shape index (κ2) is 7.07. The van der Waals surface area contributed by atoms with Crippen LogP contribution in [0.15, 0.2) is 6.33 Å². The Morgan fingerprint density at radius 3 is 2.70 bits per heavy atom. The maximum Gasteiger partial charge on any atom is 0.326 e. The van der Waals surface area contributed by atoms with Crippen molar-refractivity contribution in [3.8, 4) is 0 Å². The number of methoxy groups -OCH3 is 1. The van der Waals surface area contributed by atoms with E-state index in [0.29, 0.717) is 5.82 Å². The molecule has 0 bridgehead atoms. The number of ether oxygens (including phenoxy) is 1. The third-order valence-electron chi connectivity index (χ3n) is 2.41. The van der Waals surface area contributed by atoms with Crippen LogP contribution in [0.1, 0.15) is 12.2 Å². The molecule has 10 heteroatoms. The Morgan fingerprint density at radius 2 is 2.20 bits per heavy atom. The first-order chi connectivity index (χ1) is 9.43. The molecule has 0 fully saturated rings. The highest BCUT2D eigenvalue weighted by molar-refractivity contribution is 5.86. The molecule has 1 rings (SSSR count). The molecule has 1 heterocycles. The first kappa shape index (κ1) is 15.4. The summed E-state index contributed by atoms with van der Waals surface area (Å²) in [5, 5.41) is 20.8. The van der Waals surface area contributed by atoms with Gasteiger partial charge in [0.05, 0.1) is 20.1 Å². The number of rotatable bonds is 6. The third kappa shape index (κ3) is 4.55. The third-order valence-corrected chi connectivity index (χ3v) is 2.41. The maximum atomic E-state index is 11.5. The lowest BCUT2D eigenvalue weighted by Gasteiger charge is -2.13. The summed E-state index contributed by atoms with van der Waals surface area (Å²) in [6.45, 7) is 0.0763. The lowest BCUT2D eigenvalue weighted by molar-refractivity contribution is -0.147. The predicted octanol–water partition coefficient (Wildman–Crippen LogP) is -1.37. The second-order valence-electron chi connectivity index (χ2n) is 3.86. The number of nitrogens with zero attached hydrogens (tertiary/aromatic N) is 3. The standard InChI is InChI=1S/C10H15N5O5/c1-15-5-12-14-7(15)4-11-10(19)13-6(9(17)18)3-8(16)20-2/h5-6H,3-4H2,1-2H3,(H,17,18)(H2,11,13,19)/t6-/m0/s1. The van der Waals surface area contributed by atoms with Gasteiger partial charge in [-0.05, 0) is 0 Å². The minimum atomic E-state index is -1.36. The topological polar surface area (TPSA) is 135 Å². The fraction of sp³-hybridized carbons (Fsp3) is 0.500. The number of aryl methyl sites for hydroxylation is 1. The smallest absolute Gasteiger partial charge is 0.326 e. The normalized spacial score (nSPS) is 11.5. The van der Waals surface area contributed by atoms with E-state index in [1.807, 2.05) is 0 Å². The van der Waals surface area contributed by atoms with Crippen molar-refractivity contribution >= 4 is 18.0 Å². The highest BCUT2D eigenvalue weighted by atomic mass is 16.5. The fourth-order valence-electron chi connectivity index (χ4n) is 1.29. The summed E-state index contributed by atoms with van der Waals surface area (Å²) in [5.41, 5.74) is 0. The molecule has 110 valence electrons. The van der Waals surface area contributed by atoms with E-state index in [0.717, 1.165) is 7.11 Å². The zero-order valence-electron chi connectivity index (χ0n) is 11.0. The summed E-state index contributed by atoms with van der Waals surface area (Å²) in [5.74, 6) is -1.56. The van der Waals surface area contributed by atoms with Crippen LogP contribution in [0.25, 0.3) is 0 Å². The number of carbonyl (C=O) groups is 3. The number of carboxylic acid groups (broad SMARTS) is 1. The number of esters is 1. The van der Waals surface area contributed by atoms with Gasteiger partial charge in [0.1, 0.15) is 12.4 Å². The van der Waals surface area contributed by atoms with Gasteiger partial charge < -0.3 is 25.0 Å². The van der Waals surface area contributed by atoms with Gasteiger partial charge in [-0.3, -0.25) is 4.79 Å². The van der Waals surface area contributed by atoms with Gasteiger partial charge in [-0.2, -0.15) is 0 Å². The molecular weight excluding hydrogens is 270 g/mol. The van der Waals surface area contributed by atoms with Crippen LogP contribution >= 0.6 is 0 Å². The monoisotopic (exact) mass is 285 g/mol. The van der Waals surface area contributed by atoms with Crippen molar-refractivity contribution in [1.29, 1.82) is 0 Å². The van der Waals surface area contributed by atoms with E-state index in [4.69, 9.17) is 5.11 Å². The fourth-order valence-corrected chi connectivity index (χ4v) is 1.29. The molecular formula is C10H15N5O5. The number of aliphatic carboxylic acids is 1. The molecule has 0 aliphatic heterocycles. The van der Waals surface area contributed by atoms with Crippen LogP contribution in [0.4, 0.5) is 4.79 Å². The number of hydrogen-bond acceptors (Lipinski definition) is 6. The lowest BCUT2D eigenvalue weighted by Crippen LogP contribution is -2.47.